The highest BCUT2D eigenvalue weighted by atomic mass is 16.5. The van der Waals surface area contributed by atoms with Crippen molar-refractivity contribution in [3.63, 3.8) is 0 Å². The Morgan fingerprint density at radius 2 is 1.34 bits per heavy atom. The van der Waals surface area contributed by atoms with E-state index in [1.165, 1.54) is 7.11 Å². The predicted molar refractivity (Wildman–Crippen MR) is 126 cm³/mol. The third-order valence-electron chi connectivity index (χ3n) is 4.17. The molecule has 0 aromatic heterocycles. The number of hydrogen-bond acceptors (Lipinski definition) is 4. The van der Waals surface area contributed by atoms with Crippen LogP contribution in [0.2, 0.25) is 0 Å². The van der Waals surface area contributed by atoms with Crippen molar-refractivity contribution in [3.05, 3.63) is 35.9 Å². The number of carbonyl (C=O) groups is 2. The molecule has 0 N–H and O–H groups in total. The van der Waals surface area contributed by atoms with Gasteiger partial charge in [0, 0.05) is 19.3 Å². The van der Waals surface area contributed by atoms with Crippen LogP contribution in [-0.2, 0) is 14.3 Å². The molecule has 4 nitrogen and oxygen atoms in total. The minimum absolute atomic E-state index is 0.132. The minimum atomic E-state index is -0.287. The molecule has 0 heterocycles. The van der Waals surface area contributed by atoms with Crippen LogP contribution in [0.5, 0.6) is 0 Å². The predicted octanol–water partition coefficient (Wildman–Crippen LogP) is 4.93. The van der Waals surface area contributed by atoms with E-state index in [-0.39, 0.29) is 18.0 Å². The monoisotopic (exact) mass is 430 g/mol. The van der Waals surface area contributed by atoms with E-state index in [1.54, 1.807) is 12.1 Å². The van der Waals surface area contributed by atoms with Gasteiger partial charge in [-0.2, -0.15) is 0 Å². The lowest BCUT2D eigenvalue weighted by Crippen LogP contribution is -2.14. The van der Waals surface area contributed by atoms with Gasteiger partial charge in [0.25, 0.3) is 0 Å². The van der Waals surface area contributed by atoms with Crippen LogP contribution >= 0.6 is 0 Å². The van der Waals surface area contributed by atoms with Gasteiger partial charge in [-0.25, -0.2) is 4.79 Å². The smallest absolute Gasteiger partial charge is 0.338 e. The van der Waals surface area contributed by atoms with Gasteiger partial charge in [0.1, 0.15) is 0 Å². The Kier molecular flexibility index (Phi) is 15.0. The van der Waals surface area contributed by atoms with Crippen molar-refractivity contribution in [2.24, 2.45) is 0 Å². The van der Waals surface area contributed by atoms with Gasteiger partial charge in [0.15, 0.2) is 0 Å². The summed E-state index contributed by atoms with van der Waals surface area (Å²) in [6, 6.07) is 9.01. The first-order valence-electron chi connectivity index (χ1n) is 10.8. The molecule has 1 aromatic rings. The lowest BCUT2D eigenvalue weighted by Gasteiger charge is -2.12. The highest BCUT2D eigenvalue weighted by molar-refractivity contribution is 5.89. The zero-order chi connectivity index (χ0) is 23.3. The minimum Gasteiger partial charge on any atom is -0.469 e. The molecule has 166 valence electrons. The molecule has 0 radical (unpaired) electrons. The first-order chi connectivity index (χ1) is 15.6. The fourth-order valence-electron chi connectivity index (χ4n) is 2.47. The molecule has 0 saturated heterocycles. The summed E-state index contributed by atoms with van der Waals surface area (Å²) >= 11 is 0. The van der Waals surface area contributed by atoms with Crippen LogP contribution in [0.1, 0.15) is 75.1 Å². The van der Waals surface area contributed by atoms with Gasteiger partial charge < -0.3 is 9.47 Å². The topological polar surface area (TPSA) is 52.6 Å². The van der Waals surface area contributed by atoms with E-state index >= 15 is 0 Å². The van der Waals surface area contributed by atoms with Gasteiger partial charge in [-0.05, 0) is 38.3 Å². The maximum absolute atomic E-state index is 12.0. The van der Waals surface area contributed by atoms with Gasteiger partial charge >= 0.3 is 11.9 Å². The van der Waals surface area contributed by atoms with Crippen LogP contribution in [-0.4, -0.2) is 25.2 Å². The van der Waals surface area contributed by atoms with Crippen LogP contribution in [0, 0.1) is 47.4 Å². The van der Waals surface area contributed by atoms with E-state index in [0.717, 1.165) is 19.3 Å². The van der Waals surface area contributed by atoms with E-state index in [1.807, 2.05) is 25.1 Å². The normalized spacial score (nSPS) is 9.81. The number of carbonyl (C=O) groups excluding carboxylic acids is 2. The summed E-state index contributed by atoms with van der Waals surface area (Å²) in [6.45, 7) is 1.90. The van der Waals surface area contributed by atoms with Crippen molar-refractivity contribution in [2.45, 2.75) is 70.8 Å². The van der Waals surface area contributed by atoms with Crippen LogP contribution in [0.15, 0.2) is 30.3 Å². The van der Waals surface area contributed by atoms with Gasteiger partial charge in [-0.15, -0.1) is 11.8 Å². The maximum atomic E-state index is 12.0. The average molecular weight is 431 g/mol. The molecule has 0 aliphatic carbocycles. The van der Waals surface area contributed by atoms with Gasteiger partial charge in [-0.3, -0.25) is 4.79 Å². The molecular weight excluding hydrogens is 400 g/mol. The molecule has 0 bridgehead atoms. The Labute approximate surface area is 192 Å². The molecule has 1 rings (SSSR count). The zero-order valence-corrected chi connectivity index (χ0v) is 19.0. The number of hydrogen-bond donors (Lipinski definition) is 0. The third kappa shape index (κ3) is 14.4. The Morgan fingerprint density at radius 3 is 1.91 bits per heavy atom. The molecule has 0 aliphatic rings. The number of unbranched alkanes of at least 4 members (excludes halogenated alkanes) is 2. The van der Waals surface area contributed by atoms with Crippen molar-refractivity contribution < 1.29 is 19.1 Å². The zero-order valence-electron chi connectivity index (χ0n) is 19.0. The maximum Gasteiger partial charge on any atom is 0.338 e. The molecule has 0 amide bonds. The first kappa shape index (κ1) is 26.4. The second-order valence-corrected chi connectivity index (χ2v) is 6.85. The number of ether oxygens (including phenoxy) is 2. The molecule has 32 heavy (non-hydrogen) atoms. The Hall–Kier alpha value is -3.60. The van der Waals surface area contributed by atoms with Gasteiger partial charge in [0.05, 0.1) is 38.0 Å². The van der Waals surface area contributed by atoms with Crippen LogP contribution in [0.4, 0.5) is 0 Å². The van der Waals surface area contributed by atoms with E-state index in [2.05, 4.69) is 52.1 Å². The molecule has 4 heteroatoms. The summed E-state index contributed by atoms with van der Waals surface area (Å²) < 4.78 is 9.99. The number of rotatable bonds is 8. The SMILES string of the molecule is COC(=O)CCCC#CCC#CCC#CCC#CCCCC(C)OC(=O)c1ccccc1. The summed E-state index contributed by atoms with van der Waals surface area (Å²) in [4.78, 5) is 22.9. The van der Waals surface area contributed by atoms with Crippen LogP contribution in [0.25, 0.3) is 0 Å². The lowest BCUT2D eigenvalue weighted by atomic mass is 10.1. The van der Waals surface area contributed by atoms with Crippen molar-refractivity contribution in [1.29, 1.82) is 0 Å². The van der Waals surface area contributed by atoms with E-state index in [0.29, 0.717) is 44.1 Å². The average Bonchev–Trinajstić information content (AvgIpc) is 2.81. The Bertz CT molecular complexity index is 947. The Morgan fingerprint density at radius 1 is 0.812 bits per heavy atom. The largest absolute Gasteiger partial charge is 0.469 e. The van der Waals surface area contributed by atoms with Crippen LogP contribution in [0.3, 0.4) is 0 Å². The number of esters is 2. The van der Waals surface area contributed by atoms with Gasteiger partial charge in [-0.1, -0.05) is 53.7 Å². The quantitative estimate of drug-likeness (QED) is 0.333. The molecule has 1 unspecified atom stereocenters. The summed E-state index contributed by atoms with van der Waals surface area (Å²) in [5.74, 6) is 23.5. The Balaban J connectivity index is 2.06. The number of methoxy groups -OCH3 is 1. The summed E-state index contributed by atoms with van der Waals surface area (Å²) in [5, 5.41) is 0. The molecular formula is C28H30O4. The van der Waals surface area contributed by atoms with E-state index < -0.39 is 0 Å². The van der Waals surface area contributed by atoms with Crippen LogP contribution < -0.4 is 0 Å². The summed E-state index contributed by atoms with van der Waals surface area (Å²) in [7, 11) is 1.39. The summed E-state index contributed by atoms with van der Waals surface area (Å²) in [5.41, 5.74) is 0.572. The molecule has 0 spiro atoms. The number of benzene rings is 1. The van der Waals surface area contributed by atoms with Crippen molar-refractivity contribution in [1.82, 2.24) is 0 Å². The van der Waals surface area contributed by atoms with Crippen molar-refractivity contribution in [2.75, 3.05) is 7.11 Å². The summed E-state index contributed by atoms with van der Waals surface area (Å²) in [6.07, 6.45) is 5.61. The first-order valence-corrected chi connectivity index (χ1v) is 10.8. The van der Waals surface area contributed by atoms with E-state index in [9.17, 15) is 9.59 Å². The van der Waals surface area contributed by atoms with Gasteiger partial charge in [0.2, 0.25) is 0 Å². The molecule has 1 aromatic carbocycles. The standard InChI is InChI=1S/C28H30O4/c1-25(32-28(30)26-22-18-16-19-23-26)21-17-14-12-10-8-6-4-3-5-7-9-11-13-15-20-24-27(29)31-2/h16,18-19,22-23,25H,3,8-9,14-15,17,20-21,24H2,1-2H3. The fraction of sp³-hybridized carbons (Fsp3) is 0.429. The third-order valence-corrected chi connectivity index (χ3v) is 4.17. The highest BCUT2D eigenvalue weighted by Gasteiger charge is 2.10. The van der Waals surface area contributed by atoms with Crippen molar-refractivity contribution >= 4 is 11.9 Å². The molecule has 0 fully saturated rings. The molecule has 0 saturated carbocycles. The highest BCUT2D eigenvalue weighted by Crippen LogP contribution is 2.08. The van der Waals surface area contributed by atoms with E-state index in [4.69, 9.17) is 4.74 Å². The fourth-order valence-corrected chi connectivity index (χ4v) is 2.47. The molecule has 1 atom stereocenters. The molecule has 0 aliphatic heterocycles. The second kappa shape index (κ2) is 18.2. The lowest BCUT2D eigenvalue weighted by molar-refractivity contribution is -0.140. The van der Waals surface area contributed by atoms with Crippen molar-refractivity contribution in [3.8, 4) is 47.4 Å². The second-order valence-electron chi connectivity index (χ2n) is 6.85.